The topological polar surface area (TPSA) is 58.1 Å². The molecule has 1 amide bonds. The lowest BCUT2D eigenvalue weighted by molar-refractivity contribution is 0.0988. The molecule has 1 heterocycles. The van der Waals surface area contributed by atoms with Gasteiger partial charge in [0.15, 0.2) is 0 Å². The summed E-state index contributed by atoms with van der Waals surface area (Å²) in [4.78, 5) is 22.6. The van der Waals surface area contributed by atoms with Crippen LogP contribution in [0.5, 0.6) is 0 Å². The molecule has 1 N–H and O–H groups in total. The summed E-state index contributed by atoms with van der Waals surface area (Å²) in [5.74, 6) is 0.403. The SMILES string of the molecule is Cc1cc(C)cc(Nc2cnc(C(=O)N(C)c3ccccc3)cn2)c1. The molecule has 0 saturated heterocycles. The Kier molecular flexibility index (Phi) is 4.75. The Morgan fingerprint density at radius 1 is 0.960 bits per heavy atom. The van der Waals surface area contributed by atoms with Crippen LogP contribution in [0, 0.1) is 13.8 Å². The molecule has 126 valence electrons. The normalized spacial score (nSPS) is 10.4. The molecule has 0 aliphatic rings. The van der Waals surface area contributed by atoms with Crippen molar-refractivity contribution in [3.05, 3.63) is 77.7 Å². The fraction of sp³-hybridized carbons (Fsp3) is 0.150. The van der Waals surface area contributed by atoms with Crippen molar-refractivity contribution < 1.29 is 4.79 Å². The molecule has 0 fully saturated rings. The van der Waals surface area contributed by atoms with E-state index < -0.39 is 0 Å². The molecule has 3 rings (SSSR count). The quantitative estimate of drug-likeness (QED) is 0.781. The predicted octanol–water partition coefficient (Wildman–Crippen LogP) is 4.11. The zero-order valence-electron chi connectivity index (χ0n) is 14.5. The summed E-state index contributed by atoms with van der Waals surface area (Å²) in [5.41, 5.74) is 4.41. The average Bonchev–Trinajstić information content (AvgIpc) is 2.61. The van der Waals surface area contributed by atoms with E-state index in [2.05, 4.69) is 21.4 Å². The molecule has 0 aliphatic carbocycles. The van der Waals surface area contributed by atoms with Crippen molar-refractivity contribution in [3.63, 3.8) is 0 Å². The van der Waals surface area contributed by atoms with Gasteiger partial charge >= 0.3 is 0 Å². The third-order valence-corrected chi connectivity index (χ3v) is 3.81. The minimum atomic E-state index is -0.198. The van der Waals surface area contributed by atoms with E-state index in [1.54, 1.807) is 18.1 Å². The highest BCUT2D eigenvalue weighted by Gasteiger charge is 2.15. The van der Waals surface area contributed by atoms with Crippen molar-refractivity contribution in [1.82, 2.24) is 9.97 Å². The zero-order chi connectivity index (χ0) is 17.8. The lowest BCUT2D eigenvalue weighted by Gasteiger charge is -2.16. The maximum absolute atomic E-state index is 12.5. The Balaban J connectivity index is 1.74. The number of rotatable bonds is 4. The molecule has 0 saturated carbocycles. The summed E-state index contributed by atoms with van der Waals surface area (Å²) in [6.07, 6.45) is 3.07. The van der Waals surface area contributed by atoms with Crippen LogP contribution in [0.15, 0.2) is 60.9 Å². The number of nitrogens with one attached hydrogen (secondary N) is 1. The Morgan fingerprint density at radius 3 is 2.24 bits per heavy atom. The zero-order valence-corrected chi connectivity index (χ0v) is 14.5. The number of aromatic nitrogens is 2. The van der Waals surface area contributed by atoms with E-state index >= 15 is 0 Å². The van der Waals surface area contributed by atoms with E-state index in [1.807, 2.05) is 56.3 Å². The molecule has 0 spiro atoms. The van der Waals surface area contributed by atoms with Gasteiger partial charge in [-0.1, -0.05) is 24.3 Å². The number of para-hydroxylation sites is 1. The van der Waals surface area contributed by atoms with Crippen LogP contribution < -0.4 is 10.2 Å². The van der Waals surface area contributed by atoms with E-state index in [0.717, 1.165) is 11.4 Å². The fourth-order valence-corrected chi connectivity index (χ4v) is 2.64. The van der Waals surface area contributed by atoms with Gasteiger partial charge in [0.2, 0.25) is 0 Å². The standard InChI is InChI=1S/C20H20N4O/c1-14-9-15(2)11-16(10-14)23-19-13-21-18(12-22-19)20(25)24(3)17-7-5-4-6-8-17/h4-13H,1-3H3,(H,22,23). The molecule has 25 heavy (non-hydrogen) atoms. The van der Waals surface area contributed by atoms with E-state index in [4.69, 9.17) is 0 Å². The lowest BCUT2D eigenvalue weighted by atomic mass is 10.1. The number of nitrogens with zero attached hydrogens (tertiary/aromatic N) is 3. The second-order valence-electron chi connectivity index (χ2n) is 5.99. The first kappa shape index (κ1) is 16.6. The summed E-state index contributed by atoms with van der Waals surface area (Å²) in [7, 11) is 1.72. The van der Waals surface area contributed by atoms with Gasteiger partial charge in [0.25, 0.3) is 5.91 Å². The van der Waals surface area contributed by atoms with Crippen LogP contribution in [0.2, 0.25) is 0 Å². The van der Waals surface area contributed by atoms with Crippen LogP contribution in [0.25, 0.3) is 0 Å². The maximum Gasteiger partial charge on any atom is 0.278 e. The summed E-state index contributed by atoms with van der Waals surface area (Å²) in [5, 5.41) is 3.21. The number of benzene rings is 2. The van der Waals surface area contributed by atoms with Crippen molar-refractivity contribution >= 4 is 23.1 Å². The number of anilines is 3. The van der Waals surface area contributed by atoms with Crippen LogP contribution in [0.3, 0.4) is 0 Å². The van der Waals surface area contributed by atoms with Gasteiger partial charge in [-0.3, -0.25) is 4.79 Å². The minimum Gasteiger partial charge on any atom is -0.339 e. The van der Waals surface area contributed by atoms with E-state index in [0.29, 0.717) is 11.5 Å². The van der Waals surface area contributed by atoms with Gasteiger partial charge < -0.3 is 10.2 Å². The Morgan fingerprint density at radius 2 is 1.64 bits per heavy atom. The number of hydrogen-bond acceptors (Lipinski definition) is 4. The first-order valence-electron chi connectivity index (χ1n) is 8.03. The van der Waals surface area contributed by atoms with Gasteiger partial charge in [-0.15, -0.1) is 0 Å². The van der Waals surface area contributed by atoms with Crippen LogP contribution in [-0.4, -0.2) is 22.9 Å². The smallest absolute Gasteiger partial charge is 0.278 e. The van der Waals surface area contributed by atoms with E-state index in [-0.39, 0.29) is 5.91 Å². The lowest BCUT2D eigenvalue weighted by Crippen LogP contribution is -2.27. The van der Waals surface area contributed by atoms with Crippen LogP contribution in [0.4, 0.5) is 17.2 Å². The first-order chi connectivity index (χ1) is 12.0. The number of aryl methyl sites for hydroxylation is 2. The molecule has 0 atom stereocenters. The Bertz CT molecular complexity index is 856. The van der Waals surface area contributed by atoms with Crippen molar-refractivity contribution in [1.29, 1.82) is 0 Å². The van der Waals surface area contributed by atoms with Crippen LogP contribution >= 0.6 is 0 Å². The Labute approximate surface area is 147 Å². The van der Waals surface area contributed by atoms with Crippen molar-refractivity contribution in [2.75, 3.05) is 17.3 Å². The second kappa shape index (κ2) is 7.13. The van der Waals surface area contributed by atoms with Gasteiger partial charge in [0.05, 0.1) is 12.4 Å². The van der Waals surface area contributed by atoms with Gasteiger partial charge in [-0.05, 0) is 49.2 Å². The molecular formula is C20H20N4O. The van der Waals surface area contributed by atoms with Crippen molar-refractivity contribution in [2.24, 2.45) is 0 Å². The number of hydrogen-bond donors (Lipinski definition) is 1. The highest BCUT2D eigenvalue weighted by atomic mass is 16.2. The maximum atomic E-state index is 12.5. The third-order valence-electron chi connectivity index (χ3n) is 3.81. The summed E-state index contributed by atoms with van der Waals surface area (Å²) in [6.45, 7) is 4.09. The highest BCUT2D eigenvalue weighted by Crippen LogP contribution is 2.18. The molecule has 0 aliphatic heterocycles. The van der Waals surface area contributed by atoms with Crippen LogP contribution in [-0.2, 0) is 0 Å². The van der Waals surface area contributed by atoms with Gasteiger partial charge in [-0.2, -0.15) is 0 Å². The third kappa shape index (κ3) is 4.01. The molecule has 2 aromatic carbocycles. The molecule has 0 radical (unpaired) electrons. The minimum absolute atomic E-state index is 0.198. The second-order valence-corrected chi connectivity index (χ2v) is 5.99. The molecule has 0 bridgehead atoms. The largest absolute Gasteiger partial charge is 0.339 e. The van der Waals surface area contributed by atoms with Gasteiger partial charge in [0, 0.05) is 18.4 Å². The summed E-state index contributed by atoms with van der Waals surface area (Å²) >= 11 is 0. The fourth-order valence-electron chi connectivity index (χ4n) is 2.64. The predicted molar refractivity (Wildman–Crippen MR) is 100 cm³/mol. The number of carbonyl (C=O) groups is 1. The van der Waals surface area contributed by atoms with Gasteiger partial charge in [-0.25, -0.2) is 9.97 Å². The van der Waals surface area contributed by atoms with E-state index in [9.17, 15) is 4.79 Å². The van der Waals surface area contributed by atoms with Gasteiger partial charge in [0.1, 0.15) is 11.5 Å². The number of carbonyl (C=O) groups excluding carboxylic acids is 1. The number of amides is 1. The highest BCUT2D eigenvalue weighted by molar-refractivity contribution is 6.04. The molecule has 0 unspecified atom stereocenters. The average molecular weight is 332 g/mol. The monoisotopic (exact) mass is 332 g/mol. The molecule has 5 heteroatoms. The molecule has 1 aromatic heterocycles. The molecular weight excluding hydrogens is 312 g/mol. The van der Waals surface area contributed by atoms with Crippen molar-refractivity contribution in [3.8, 4) is 0 Å². The van der Waals surface area contributed by atoms with Crippen LogP contribution in [0.1, 0.15) is 21.6 Å². The Hall–Kier alpha value is -3.21. The molecule has 3 aromatic rings. The summed E-state index contributed by atoms with van der Waals surface area (Å²) < 4.78 is 0. The van der Waals surface area contributed by atoms with Crippen molar-refractivity contribution in [2.45, 2.75) is 13.8 Å². The molecule has 5 nitrogen and oxygen atoms in total. The first-order valence-corrected chi connectivity index (χ1v) is 8.03. The summed E-state index contributed by atoms with van der Waals surface area (Å²) in [6, 6.07) is 15.6. The van der Waals surface area contributed by atoms with E-state index in [1.165, 1.54) is 17.3 Å².